The third kappa shape index (κ3) is 4.76. The Labute approximate surface area is 196 Å². The summed E-state index contributed by atoms with van der Waals surface area (Å²) in [5.41, 5.74) is 1.65. The summed E-state index contributed by atoms with van der Waals surface area (Å²) in [6.45, 7) is 2.19. The maximum Gasteiger partial charge on any atom is 0.338 e. The van der Waals surface area contributed by atoms with E-state index in [1.807, 2.05) is 30.3 Å². The number of furan rings is 1. The summed E-state index contributed by atoms with van der Waals surface area (Å²) >= 11 is 0. The summed E-state index contributed by atoms with van der Waals surface area (Å²) in [6, 6.07) is 17.8. The molecular weight excluding hydrogens is 436 g/mol. The number of amides is 3. The van der Waals surface area contributed by atoms with Gasteiger partial charge in [-0.2, -0.15) is 0 Å². The zero-order valence-electron chi connectivity index (χ0n) is 18.7. The molecule has 8 heteroatoms. The fourth-order valence-electron chi connectivity index (χ4n) is 3.93. The van der Waals surface area contributed by atoms with Gasteiger partial charge in [-0.15, -0.1) is 0 Å². The van der Waals surface area contributed by atoms with Crippen molar-refractivity contribution in [2.75, 3.05) is 18.1 Å². The Morgan fingerprint density at radius 3 is 2.41 bits per heavy atom. The van der Waals surface area contributed by atoms with Crippen LogP contribution in [-0.4, -0.2) is 47.8 Å². The number of rotatable bonds is 8. The number of esters is 1. The molecule has 1 aliphatic rings. The second-order valence-electron chi connectivity index (χ2n) is 7.77. The number of hydrogen-bond donors (Lipinski definition) is 0. The van der Waals surface area contributed by atoms with E-state index in [1.54, 1.807) is 13.0 Å². The second-order valence-corrected chi connectivity index (χ2v) is 7.77. The van der Waals surface area contributed by atoms with Crippen LogP contribution in [-0.2, 0) is 20.7 Å². The van der Waals surface area contributed by atoms with Crippen LogP contribution in [0.3, 0.4) is 0 Å². The lowest BCUT2D eigenvalue weighted by Gasteiger charge is -2.27. The van der Waals surface area contributed by atoms with Crippen LogP contribution < -0.4 is 4.90 Å². The topological polar surface area (TPSA) is 97.1 Å². The van der Waals surface area contributed by atoms with Crippen molar-refractivity contribution < 1.29 is 28.3 Å². The molecule has 1 aliphatic heterocycles. The summed E-state index contributed by atoms with van der Waals surface area (Å²) in [7, 11) is 0. The molecule has 3 aromatic rings. The van der Waals surface area contributed by atoms with Crippen molar-refractivity contribution in [3.8, 4) is 0 Å². The molecule has 1 atom stereocenters. The highest BCUT2D eigenvalue weighted by Gasteiger charge is 2.44. The maximum absolute atomic E-state index is 13.4. The molecule has 1 saturated heterocycles. The van der Waals surface area contributed by atoms with Gasteiger partial charge in [0.1, 0.15) is 6.04 Å². The molecule has 1 aromatic heterocycles. The van der Waals surface area contributed by atoms with Gasteiger partial charge in [0.25, 0.3) is 11.8 Å². The fraction of sp³-hybridized carbons (Fsp3) is 0.231. The average Bonchev–Trinajstić information content (AvgIpc) is 3.49. The highest BCUT2D eigenvalue weighted by Crippen LogP contribution is 2.27. The van der Waals surface area contributed by atoms with E-state index in [-0.39, 0.29) is 25.3 Å². The number of carbonyl (C=O) groups excluding carboxylic acids is 4. The SMILES string of the molecule is CCOC(=O)c1ccc(N2C(=O)CC(N(CCc3ccccc3)C(=O)c3ccco3)C2=O)cc1. The molecule has 3 amide bonds. The van der Waals surface area contributed by atoms with Crippen molar-refractivity contribution in [3.05, 3.63) is 89.9 Å². The van der Waals surface area contributed by atoms with Crippen LogP contribution in [0, 0.1) is 0 Å². The molecular formula is C26H24N2O6. The second kappa shape index (κ2) is 10.2. The molecule has 4 rings (SSSR count). The maximum atomic E-state index is 13.4. The van der Waals surface area contributed by atoms with Crippen LogP contribution in [0.25, 0.3) is 0 Å². The van der Waals surface area contributed by atoms with Gasteiger partial charge < -0.3 is 14.1 Å². The Morgan fingerprint density at radius 1 is 1.03 bits per heavy atom. The van der Waals surface area contributed by atoms with E-state index in [9.17, 15) is 19.2 Å². The summed E-state index contributed by atoms with van der Waals surface area (Å²) in [5.74, 6) is -1.75. The molecule has 0 aliphatic carbocycles. The smallest absolute Gasteiger partial charge is 0.338 e. The number of benzene rings is 2. The van der Waals surface area contributed by atoms with E-state index in [2.05, 4.69) is 0 Å². The zero-order chi connectivity index (χ0) is 24.1. The summed E-state index contributed by atoms with van der Waals surface area (Å²) in [4.78, 5) is 53.8. The summed E-state index contributed by atoms with van der Waals surface area (Å²) < 4.78 is 10.2. The Balaban J connectivity index is 1.57. The molecule has 1 fully saturated rings. The fourth-order valence-corrected chi connectivity index (χ4v) is 3.93. The molecule has 174 valence electrons. The standard InChI is InChI=1S/C26H24N2O6/c1-2-33-26(32)19-10-12-20(13-11-19)28-23(29)17-21(24(28)30)27(25(31)22-9-6-16-34-22)15-14-18-7-4-3-5-8-18/h3-13,16,21H,2,14-15,17H2,1H3. The number of carbonyl (C=O) groups is 4. The largest absolute Gasteiger partial charge is 0.462 e. The summed E-state index contributed by atoms with van der Waals surface area (Å²) in [5, 5.41) is 0. The highest BCUT2D eigenvalue weighted by atomic mass is 16.5. The van der Waals surface area contributed by atoms with Crippen LogP contribution in [0.2, 0.25) is 0 Å². The minimum atomic E-state index is -0.960. The third-order valence-corrected chi connectivity index (χ3v) is 5.61. The van der Waals surface area contributed by atoms with Gasteiger partial charge in [0.05, 0.1) is 30.5 Å². The molecule has 1 unspecified atom stereocenters. The van der Waals surface area contributed by atoms with Gasteiger partial charge in [0, 0.05) is 6.54 Å². The lowest BCUT2D eigenvalue weighted by Crippen LogP contribution is -2.46. The number of ether oxygens (including phenoxy) is 1. The lowest BCUT2D eigenvalue weighted by molar-refractivity contribution is -0.122. The average molecular weight is 460 g/mol. The van der Waals surface area contributed by atoms with E-state index < -0.39 is 29.7 Å². The van der Waals surface area contributed by atoms with Crippen LogP contribution in [0.15, 0.2) is 77.4 Å². The van der Waals surface area contributed by atoms with Gasteiger partial charge in [0.2, 0.25) is 5.91 Å². The van der Waals surface area contributed by atoms with Crippen molar-refractivity contribution >= 4 is 29.4 Å². The van der Waals surface area contributed by atoms with E-state index >= 15 is 0 Å². The van der Waals surface area contributed by atoms with Crippen LogP contribution >= 0.6 is 0 Å². The number of anilines is 1. The van der Waals surface area contributed by atoms with Crippen molar-refractivity contribution in [2.24, 2.45) is 0 Å². The molecule has 8 nitrogen and oxygen atoms in total. The van der Waals surface area contributed by atoms with Crippen molar-refractivity contribution in [2.45, 2.75) is 25.8 Å². The van der Waals surface area contributed by atoms with Crippen LogP contribution in [0.5, 0.6) is 0 Å². The van der Waals surface area contributed by atoms with Crippen molar-refractivity contribution in [1.29, 1.82) is 0 Å². The molecule has 0 radical (unpaired) electrons. The van der Waals surface area contributed by atoms with Crippen molar-refractivity contribution in [1.82, 2.24) is 4.90 Å². The first-order chi connectivity index (χ1) is 16.5. The minimum absolute atomic E-state index is 0.102. The summed E-state index contributed by atoms with van der Waals surface area (Å²) in [6.07, 6.45) is 1.76. The van der Waals surface area contributed by atoms with Crippen LogP contribution in [0.4, 0.5) is 5.69 Å². The van der Waals surface area contributed by atoms with Gasteiger partial charge >= 0.3 is 5.97 Å². The molecule has 2 heterocycles. The number of hydrogen-bond acceptors (Lipinski definition) is 6. The third-order valence-electron chi connectivity index (χ3n) is 5.61. The van der Waals surface area contributed by atoms with Crippen LogP contribution in [0.1, 0.15) is 39.8 Å². The minimum Gasteiger partial charge on any atom is -0.462 e. The highest BCUT2D eigenvalue weighted by molar-refractivity contribution is 6.23. The lowest BCUT2D eigenvalue weighted by atomic mass is 10.1. The molecule has 34 heavy (non-hydrogen) atoms. The Hall–Kier alpha value is -4.20. The predicted octanol–water partition coefficient (Wildman–Crippen LogP) is 3.47. The molecule has 0 bridgehead atoms. The monoisotopic (exact) mass is 460 g/mol. The quantitative estimate of drug-likeness (QED) is 0.377. The molecule has 0 spiro atoms. The van der Waals surface area contributed by atoms with E-state index in [1.165, 1.54) is 41.5 Å². The number of imide groups is 1. The Bertz CT molecular complexity index is 1170. The van der Waals surface area contributed by atoms with Crippen molar-refractivity contribution in [3.63, 3.8) is 0 Å². The molecule has 2 aromatic carbocycles. The van der Waals surface area contributed by atoms with Gasteiger partial charge in [-0.3, -0.25) is 14.4 Å². The first-order valence-electron chi connectivity index (χ1n) is 11.0. The first-order valence-corrected chi connectivity index (χ1v) is 11.0. The van der Waals surface area contributed by atoms with Gasteiger partial charge in [0.15, 0.2) is 5.76 Å². The Morgan fingerprint density at radius 2 is 1.76 bits per heavy atom. The van der Waals surface area contributed by atoms with Gasteiger partial charge in [-0.05, 0) is 55.3 Å². The zero-order valence-corrected chi connectivity index (χ0v) is 18.7. The Kier molecular flexibility index (Phi) is 6.87. The normalized spacial score (nSPS) is 15.4. The van der Waals surface area contributed by atoms with E-state index in [0.717, 1.165) is 10.5 Å². The molecule has 0 saturated carbocycles. The number of nitrogens with zero attached hydrogens (tertiary/aromatic N) is 2. The van der Waals surface area contributed by atoms with E-state index in [4.69, 9.17) is 9.15 Å². The van der Waals surface area contributed by atoms with E-state index in [0.29, 0.717) is 17.7 Å². The first kappa shape index (κ1) is 23.0. The molecule has 0 N–H and O–H groups in total. The predicted molar refractivity (Wildman–Crippen MR) is 123 cm³/mol. The van der Waals surface area contributed by atoms with Gasteiger partial charge in [-0.1, -0.05) is 30.3 Å². The van der Waals surface area contributed by atoms with Gasteiger partial charge in [-0.25, -0.2) is 9.69 Å².